The lowest BCUT2D eigenvalue weighted by Gasteiger charge is -2.22. The van der Waals surface area contributed by atoms with Gasteiger partial charge in [0.05, 0.1) is 5.69 Å². The lowest BCUT2D eigenvalue weighted by atomic mass is 10.3. The van der Waals surface area contributed by atoms with Gasteiger partial charge in [-0.15, -0.1) is 0 Å². The van der Waals surface area contributed by atoms with Gasteiger partial charge in [-0.1, -0.05) is 15.9 Å². The van der Waals surface area contributed by atoms with E-state index in [1.165, 1.54) is 24.5 Å². The third-order valence-electron chi connectivity index (χ3n) is 2.70. The van der Waals surface area contributed by atoms with Crippen LogP contribution in [0.5, 0.6) is 0 Å². The quantitative estimate of drug-likeness (QED) is 0.843. The fraction of sp³-hybridized carbons (Fsp3) is 0.154. The third kappa shape index (κ3) is 2.83. The van der Waals surface area contributed by atoms with Crippen molar-refractivity contribution in [3.8, 4) is 0 Å². The molecular weight excluding hydrogens is 347 g/mol. The topological polar surface area (TPSA) is 50.3 Å². The summed E-state index contributed by atoms with van der Waals surface area (Å²) in [7, 11) is -3.94. The van der Waals surface area contributed by atoms with Crippen molar-refractivity contribution in [2.45, 2.75) is 11.8 Å². The Morgan fingerprint density at radius 2 is 1.90 bits per heavy atom. The number of halogens is 2. The Bertz CT molecular complexity index is 708. The Morgan fingerprint density at radius 1 is 1.25 bits per heavy atom. The maximum Gasteiger partial charge on any atom is 0.267 e. The Hall–Kier alpha value is -1.47. The monoisotopic (exact) mass is 358 g/mol. The van der Waals surface area contributed by atoms with Crippen LogP contribution in [-0.2, 0) is 10.0 Å². The van der Waals surface area contributed by atoms with Gasteiger partial charge in [-0.25, -0.2) is 12.8 Å². The van der Waals surface area contributed by atoms with Gasteiger partial charge in [0.15, 0.2) is 0 Å². The predicted octanol–water partition coefficient (Wildman–Crippen LogP) is 3.20. The third-order valence-corrected chi connectivity index (χ3v) is 5.13. The highest BCUT2D eigenvalue weighted by molar-refractivity contribution is 9.10. The van der Waals surface area contributed by atoms with Crippen LogP contribution in [0.1, 0.15) is 6.92 Å². The summed E-state index contributed by atoms with van der Waals surface area (Å²) in [5.74, 6) is -0.785. The first-order valence-corrected chi connectivity index (χ1v) is 8.08. The van der Waals surface area contributed by atoms with Gasteiger partial charge in [0.25, 0.3) is 10.0 Å². The molecule has 0 bridgehead atoms. The Morgan fingerprint density at radius 3 is 2.45 bits per heavy atom. The molecule has 0 radical (unpaired) electrons. The predicted molar refractivity (Wildman–Crippen MR) is 78.5 cm³/mol. The first-order valence-electron chi connectivity index (χ1n) is 5.84. The number of aromatic nitrogens is 1. The smallest absolute Gasteiger partial charge is 0.266 e. The second-order valence-electron chi connectivity index (χ2n) is 3.95. The van der Waals surface area contributed by atoms with E-state index in [9.17, 15) is 12.8 Å². The number of pyridine rings is 1. The lowest BCUT2D eigenvalue weighted by Crippen LogP contribution is -2.31. The number of hydrogen-bond donors (Lipinski definition) is 0. The highest BCUT2D eigenvalue weighted by Gasteiger charge is 2.26. The van der Waals surface area contributed by atoms with E-state index in [-0.39, 0.29) is 11.4 Å². The summed E-state index contributed by atoms with van der Waals surface area (Å²) in [5.41, 5.74) is 0.449. The van der Waals surface area contributed by atoms with E-state index in [4.69, 9.17) is 0 Å². The number of hydrogen-bond acceptors (Lipinski definition) is 3. The molecule has 0 saturated heterocycles. The minimum Gasteiger partial charge on any atom is -0.266 e. The largest absolute Gasteiger partial charge is 0.267 e. The molecule has 0 amide bonds. The van der Waals surface area contributed by atoms with E-state index in [2.05, 4.69) is 20.9 Å². The molecule has 2 rings (SSSR count). The van der Waals surface area contributed by atoms with Crippen molar-refractivity contribution in [1.82, 2.24) is 4.98 Å². The Kier molecular flexibility index (Phi) is 4.39. The van der Waals surface area contributed by atoms with Crippen LogP contribution < -0.4 is 4.31 Å². The summed E-state index contributed by atoms with van der Waals surface area (Å²) in [6, 6.07) is 7.01. The number of sulfonamides is 1. The van der Waals surface area contributed by atoms with Gasteiger partial charge in [0.2, 0.25) is 0 Å². The molecule has 0 unspecified atom stereocenters. The van der Waals surface area contributed by atoms with Crippen LogP contribution in [0, 0.1) is 5.82 Å². The summed E-state index contributed by atoms with van der Waals surface area (Å²) in [5, 5.41) is 0. The second-order valence-corrected chi connectivity index (χ2v) is 6.70. The summed E-state index contributed by atoms with van der Waals surface area (Å²) in [4.78, 5) is 3.50. The Balaban J connectivity index is 2.53. The van der Waals surface area contributed by atoms with Crippen LogP contribution in [-0.4, -0.2) is 19.9 Å². The van der Waals surface area contributed by atoms with Crippen molar-refractivity contribution in [2.75, 3.05) is 10.8 Å². The Labute approximate surface area is 125 Å². The number of anilines is 1. The molecule has 7 heteroatoms. The number of rotatable bonds is 4. The standard InChI is InChI=1S/C13H12BrFN2O2S/c1-2-17(11-5-7-16-8-6-11)20(18,19)13-4-3-10(14)9-12(13)15/h3-9H,2H2,1H3. The van der Waals surface area contributed by atoms with Crippen LogP contribution in [0.25, 0.3) is 0 Å². The minimum atomic E-state index is -3.94. The first-order chi connectivity index (χ1) is 9.46. The molecule has 1 aromatic heterocycles. The van der Waals surface area contributed by atoms with Crippen LogP contribution >= 0.6 is 15.9 Å². The summed E-state index contributed by atoms with van der Waals surface area (Å²) < 4.78 is 40.6. The van der Waals surface area contributed by atoms with Crippen molar-refractivity contribution < 1.29 is 12.8 Å². The molecule has 0 aliphatic heterocycles. The zero-order valence-corrected chi connectivity index (χ0v) is 13.0. The molecule has 0 aliphatic carbocycles. The molecule has 0 N–H and O–H groups in total. The van der Waals surface area contributed by atoms with Gasteiger partial charge in [0.1, 0.15) is 10.7 Å². The summed E-state index contributed by atoms with van der Waals surface area (Å²) in [6.07, 6.45) is 2.98. The maximum absolute atomic E-state index is 13.9. The summed E-state index contributed by atoms with van der Waals surface area (Å²) in [6.45, 7) is 1.89. The van der Waals surface area contributed by atoms with E-state index in [1.807, 2.05) is 0 Å². The fourth-order valence-electron chi connectivity index (χ4n) is 1.80. The molecule has 0 aliphatic rings. The molecule has 1 aromatic carbocycles. The normalized spacial score (nSPS) is 11.3. The molecule has 2 aromatic rings. The molecule has 4 nitrogen and oxygen atoms in total. The van der Waals surface area contributed by atoms with E-state index >= 15 is 0 Å². The summed E-state index contributed by atoms with van der Waals surface area (Å²) >= 11 is 3.11. The average molecular weight is 359 g/mol. The SMILES string of the molecule is CCN(c1ccncc1)S(=O)(=O)c1ccc(Br)cc1F. The first kappa shape index (κ1) is 14.9. The van der Waals surface area contributed by atoms with Crippen molar-refractivity contribution in [1.29, 1.82) is 0 Å². The second kappa shape index (κ2) is 5.88. The van der Waals surface area contributed by atoms with E-state index < -0.39 is 15.8 Å². The highest BCUT2D eigenvalue weighted by atomic mass is 79.9. The molecule has 0 spiro atoms. The maximum atomic E-state index is 13.9. The van der Waals surface area contributed by atoms with Gasteiger partial charge in [-0.3, -0.25) is 9.29 Å². The van der Waals surface area contributed by atoms with Crippen molar-refractivity contribution in [3.05, 3.63) is 53.0 Å². The molecular formula is C13H12BrFN2O2S. The average Bonchev–Trinajstić information content (AvgIpc) is 2.40. The van der Waals surface area contributed by atoms with E-state index in [1.54, 1.807) is 19.1 Å². The van der Waals surface area contributed by atoms with Gasteiger partial charge >= 0.3 is 0 Å². The highest BCUT2D eigenvalue weighted by Crippen LogP contribution is 2.26. The molecule has 0 atom stereocenters. The van der Waals surface area contributed by atoms with Crippen molar-refractivity contribution >= 4 is 31.6 Å². The van der Waals surface area contributed by atoms with E-state index in [0.29, 0.717) is 10.2 Å². The zero-order chi connectivity index (χ0) is 14.8. The molecule has 0 fully saturated rings. The minimum absolute atomic E-state index is 0.196. The van der Waals surface area contributed by atoms with Crippen LogP contribution in [0.4, 0.5) is 10.1 Å². The van der Waals surface area contributed by atoms with Crippen LogP contribution in [0.2, 0.25) is 0 Å². The van der Waals surface area contributed by atoms with Gasteiger partial charge in [-0.2, -0.15) is 0 Å². The molecule has 1 heterocycles. The van der Waals surface area contributed by atoms with Gasteiger partial charge in [-0.05, 0) is 37.3 Å². The molecule has 106 valence electrons. The van der Waals surface area contributed by atoms with Gasteiger partial charge in [0, 0.05) is 23.4 Å². The lowest BCUT2D eigenvalue weighted by molar-refractivity contribution is 0.563. The molecule has 0 saturated carbocycles. The van der Waals surface area contributed by atoms with Crippen molar-refractivity contribution in [2.24, 2.45) is 0 Å². The van der Waals surface area contributed by atoms with Crippen LogP contribution in [0.3, 0.4) is 0 Å². The zero-order valence-electron chi connectivity index (χ0n) is 10.6. The number of nitrogens with zero attached hydrogens (tertiary/aromatic N) is 2. The molecule has 20 heavy (non-hydrogen) atoms. The fourth-order valence-corrected chi connectivity index (χ4v) is 3.66. The number of benzene rings is 1. The van der Waals surface area contributed by atoms with Gasteiger partial charge < -0.3 is 0 Å². The van der Waals surface area contributed by atoms with Crippen LogP contribution in [0.15, 0.2) is 52.1 Å². The van der Waals surface area contributed by atoms with Crippen molar-refractivity contribution in [3.63, 3.8) is 0 Å². The van der Waals surface area contributed by atoms with E-state index in [0.717, 1.165) is 10.4 Å².